The number of fused-ring (bicyclic) bond motifs is 12. The Bertz CT molecular complexity index is 2830. The lowest BCUT2D eigenvalue weighted by atomic mass is 9.84. The van der Waals surface area contributed by atoms with Gasteiger partial charge in [-0.25, -0.2) is 0 Å². The number of allylic oxidation sites excluding steroid dienone is 3. The number of anilines is 1. The smallest absolute Gasteiger partial charge is 0.0650 e. The zero-order valence-corrected chi connectivity index (χ0v) is 29.2. The summed E-state index contributed by atoms with van der Waals surface area (Å²) in [5, 5.41) is 3.81. The maximum atomic E-state index is 4.54. The molecule has 2 atom stereocenters. The highest BCUT2D eigenvalue weighted by atomic mass is 32.2. The number of rotatable bonds is 3. The molecule has 3 aliphatic rings. The summed E-state index contributed by atoms with van der Waals surface area (Å²) in [6, 6.07) is 46.5. The van der Waals surface area contributed by atoms with Crippen molar-refractivity contribution in [3.63, 3.8) is 0 Å². The van der Waals surface area contributed by atoms with Gasteiger partial charge in [-0.05, 0) is 71.8 Å². The number of aromatic nitrogens is 3. The Kier molecular flexibility index (Phi) is 6.49. The molecule has 0 fully saturated rings. The highest BCUT2D eigenvalue weighted by molar-refractivity contribution is 7.99. The fourth-order valence-electron chi connectivity index (χ4n) is 9.01. The van der Waals surface area contributed by atoms with Crippen LogP contribution in [0.1, 0.15) is 28.4 Å². The predicted molar refractivity (Wildman–Crippen MR) is 219 cm³/mol. The van der Waals surface area contributed by atoms with E-state index in [1.165, 1.54) is 71.5 Å². The Hall–Kier alpha value is -6.17. The van der Waals surface area contributed by atoms with Crippen LogP contribution in [0.3, 0.4) is 0 Å². The molecule has 1 N–H and O–H groups in total. The van der Waals surface area contributed by atoms with Crippen LogP contribution in [0.15, 0.2) is 175 Å². The fraction of sp³-hybridized carbons (Fsp3) is 0.0638. The van der Waals surface area contributed by atoms with Gasteiger partial charge in [-0.15, -0.1) is 11.8 Å². The van der Waals surface area contributed by atoms with Crippen LogP contribution in [-0.2, 0) is 0 Å². The Morgan fingerprint density at radius 2 is 1.44 bits per heavy atom. The van der Waals surface area contributed by atoms with Gasteiger partial charge < -0.3 is 19.0 Å². The maximum absolute atomic E-state index is 4.54. The number of hydrogen-bond acceptors (Lipinski definition) is 2. The average Bonchev–Trinajstić information content (AvgIpc) is 3.96. The van der Waals surface area contributed by atoms with Crippen molar-refractivity contribution in [2.24, 2.45) is 0 Å². The molecule has 0 saturated carbocycles. The molecule has 0 bridgehead atoms. The van der Waals surface area contributed by atoms with Crippen LogP contribution in [0.25, 0.3) is 55.7 Å². The third-order valence-electron chi connectivity index (χ3n) is 11.1. The second kappa shape index (κ2) is 11.4. The Labute approximate surface area is 306 Å². The molecule has 5 aromatic carbocycles. The fourth-order valence-corrected chi connectivity index (χ4v) is 9.88. The molecule has 1 aliphatic carbocycles. The molecule has 0 spiro atoms. The van der Waals surface area contributed by atoms with Gasteiger partial charge in [0, 0.05) is 67.0 Å². The molecular weight excluding hydrogens is 653 g/mol. The van der Waals surface area contributed by atoms with Gasteiger partial charge in [0.2, 0.25) is 0 Å². The van der Waals surface area contributed by atoms with Crippen molar-refractivity contribution >= 4 is 61.8 Å². The molecule has 8 aromatic rings. The first-order valence-electron chi connectivity index (χ1n) is 17.9. The average molecular weight is 687 g/mol. The van der Waals surface area contributed by atoms with Crippen LogP contribution in [0.2, 0.25) is 0 Å². The van der Waals surface area contributed by atoms with Crippen molar-refractivity contribution in [1.29, 1.82) is 0 Å². The molecular formula is C47H34N4S. The summed E-state index contributed by atoms with van der Waals surface area (Å²) in [5.74, 6) is 1.00. The quantitative estimate of drug-likeness (QED) is 0.200. The van der Waals surface area contributed by atoms with Crippen molar-refractivity contribution in [2.45, 2.75) is 16.9 Å². The molecule has 11 rings (SSSR count). The van der Waals surface area contributed by atoms with Gasteiger partial charge in [0.25, 0.3) is 0 Å². The molecule has 248 valence electrons. The van der Waals surface area contributed by atoms with E-state index in [-0.39, 0.29) is 12.0 Å². The van der Waals surface area contributed by atoms with E-state index in [4.69, 9.17) is 0 Å². The first kappa shape index (κ1) is 29.5. The highest BCUT2D eigenvalue weighted by Crippen LogP contribution is 2.54. The standard InChI is InChI=1S/C47H34N4S/c1-30-29-33(17-12-28-52-42-26-27-48-45(30)42)50-39-21-11-9-19-37(39)44-41(50)25-23-35-34-22-24-40-43(46(34)51(47(35)44)32-15-6-3-7-16-32)36-18-8-10-20-38(36)49(40)31-13-4-2-5-14-31/h2-27,29,41,44,48H,1,28H2/b17-12-,33-29+. The number of H-pyrrole nitrogens is 1. The van der Waals surface area contributed by atoms with Crippen molar-refractivity contribution in [3.8, 4) is 11.4 Å². The first-order valence-corrected chi connectivity index (χ1v) is 18.9. The number of nitrogens with one attached hydrogen (secondary N) is 1. The summed E-state index contributed by atoms with van der Waals surface area (Å²) < 4.78 is 5.01. The van der Waals surface area contributed by atoms with Gasteiger partial charge in [0.1, 0.15) is 0 Å². The number of nitrogens with zero attached hydrogens (tertiary/aromatic N) is 3. The lowest BCUT2D eigenvalue weighted by Gasteiger charge is -2.32. The van der Waals surface area contributed by atoms with Crippen molar-refractivity contribution < 1.29 is 0 Å². The molecule has 3 aromatic heterocycles. The van der Waals surface area contributed by atoms with E-state index in [1.54, 1.807) is 0 Å². The number of aromatic amines is 1. The van der Waals surface area contributed by atoms with E-state index >= 15 is 0 Å². The minimum atomic E-state index is 0.0815. The molecule has 2 unspecified atom stereocenters. The summed E-state index contributed by atoms with van der Waals surface area (Å²) in [6.45, 7) is 4.54. The van der Waals surface area contributed by atoms with Gasteiger partial charge in [-0.3, -0.25) is 0 Å². The molecule has 2 aliphatic heterocycles. The van der Waals surface area contributed by atoms with Crippen molar-refractivity contribution in [1.82, 2.24) is 14.1 Å². The molecule has 5 heterocycles. The third-order valence-corrected chi connectivity index (χ3v) is 12.1. The summed E-state index contributed by atoms with van der Waals surface area (Å²) >= 11 is 1.84. The Morgan fingerprint density at radius 1 is 0.692 bits per heavy atom. The van der Waals surface area contributed by atoms with Crippen LogP contribution < -0.4 is 4.90 Å². The van der Waals surface area contributed by atoms with E-state index in [0.29, 0.717) is 0 Å². The number of para-hydroxylation sites is 4. The molecule has 0 saturated heterocycles. The van der Waals surface area contributed by atoms with Crippen molar-refractivity contribution in [3.05, 3.63) is 193 Å². The molecule has 52 heavy (non-hydrogen) atoms. The first-order chi connectivity index (χ1) is 25.8. The number of thioether (sulfide) groups is 1. The van der Waals surface area contributed by atoms with E-state index in [1.807, 2.05) is 18.0 Å². The molecule has 5 heteroatoms. The van der Waals surface area contributed by atoms with E-state index in [0.717, 1.165) is 22.7 Å². The van der Waals surface area contributed by atoms with E-state index in [2.05, 4.69) is 183 Å². The summed E-state index contributed by atoms with van der Waals surface area (Å²) in [6.07, 6.45) is 13.7. The normalized spacial score (nSPS) is 19.4. The number of hydrogen-bond donors (Lipinski definition) is 1. The van der Waals surface area contributed by atoms with E-state index < -0.39 is 0 Å². The van der Waals surface area contributed by atoms with Gasteiger partial charge >= 0.3 is 0 Å². The maximum Gasteiger partial charge on any atom is 0.0650 e. The van der Waals surface area contributed by atoms with Crippen molar-refractivity contribution in [2.75, 3.05) is 10.7 Å². The third kappa shape index (κ3) is 4.17. The summed E-state index contributed by atoms with van der Waals surface area (Å²) in [7, 11) is 0. The van der Waals surface area contributed by atoms with Gasteiger partial charge in [0.15, 0.2) is 0 Å². The minimum Gasteiger partial charge on any atom is -0.360 e. The lowest BCUT2D eigenvalue weighted by Crippen LogP contribution is -2.34. The predicted octanol–water partition coefficient (Wildman–Crippen LogP) is 11.7. The zero-order chi connectivity index (χ0) is 34.3. The van der Waals surface area contributed by atoms with Crippen LogP contribution in [-0.4, -0.2) is 25.9 Å². The lowest BCUT2D eigenvalue weighted by molar-refractivity contribution is 0.682. The van der Waals surface area contributed by atoms with Crippen LogP contribution in [0, 0.1) is 0 Å². The molecule has 0 radical (unpaired) electrons. The summed E-state index contributed by atoms with van der Waals surface area (Å²) in [5.41, 5.74) is 14.5. The Morgan fingerprint density at radius 3 is 2.29 bits per heavy atom. The van der Waals surface area contributed by atoms with E-state index in [9.17, 15) is 0 Å². The second-order valence-corrected chi connectivity index (χ2v) is 14.9. The van der Waals surface area contributed by atoms with Gasteiger partial charge in [-0.1, -0.05) is 104 Å². The van der Waals surface area contributed by atoms with Crippen LogP contribution in [0.5, 0.6) is 0 Å². The molecule has 0 amide bonds. The van der Waals surface area contributed by atoms with Gasteiger partial charge in [-0.2, -0.15) is 0 Å². The zero-order valence-electron chi connectivity index (χ0n) is 28.4. The molecule has 4 nitrogen and oxygen atoms in total. The SMILES string of the molecule is C=C1/C=C(N2c3ccccc3C3c4c(c5ccc6c(c7ccccc7n6-c6ccccc6)c5n4-c4ccccc4)C=CC32)\C=C/CSc2cc[nH]c21. The monoisotopic (exact) mass is 686 g/mol. The Balaban J connectivity index is 1.20. The topological polar surface area (TPSA) is 28.9 Å². The van der Waals surface area contributed by atoms with Crippen LogP contribution in [0.4, 0.5) is 5.69 Å². The second-order valence-electron chi connectivity index (χ2n) is 13.8. The van der Waals surface area contributed by atoms with Gasteiger partial charge in [0.05, 0.1) is 34.2 Å². The minimum absolute atomic E-state index is 0.0815. The largest absolute Gasteiger partial charge is 0.360 e. The summed E-state index contributed by atoms with van der Waals surface area (Å²) in [4.78, 5) is 7.23. The number of benzene rings is 5. The highest BCUT2D eigenvalue weighted by Gasteiger charge is 2.44. The van der Waals surface area contributed by atoms with Crippen LogP contribution >= 0.6 is 11.8 Å².